The molecule has 0 radical (unpaired) electrons. The van der Waals surface area contributed by atoms with E-state index in [0.29, 0.717) is 0 Å². The van der Waals surface area contributed by atoms with E-state index >= 15 is 0 Å². The van der Waals surface area contributed by atoms with Crippen molar-refractivity contribution >= 4 is 33.3 Å². The summed E-state index contributed by atoms with van der Waals surface area (Å²) in [4.78, 5) is 24.7. The first-order valence-corrected chi connectivity index (χ1v) is 10.1. The first-order valence-electron chi connectivity index (χ1n) is 9.23. The lowest BCUT2D eigenvalue weighted by atomic mass is 9.96. The van der Waals surface area contributed by atoms with Crippen LogP contribution in [0, 0.1) is 11.8 Å². The first-order chi connectivity index (χ1) is 12.3. The number of nitrogens with one attached hydrogen (secondary N) is 2. The van der Waals surface area contributed by atoms with Crippen molar-refractivity contribution in [3.63, 3.8) is 0 Å². The third-order valence-electron chi connectivity index (χ3n) is 5.35. The number of aromatic nitrogens is 2. The molecule has 1 amide bonds. The lowest BCUT2D eigenvalue weighted by Gasteiger charge is -2.33. The van der Waals surface area contributed by atoms with Gasteiger partial charge in [0.25, 0.3) is 0 Å². The van der Waals surface area contributed by atoms with Gasteiger partial charge in [0, 0.05) is 19.6 Å². The minimum Gasteiger partial charge on any atom is -0.356 e. The van der Waals surface area contributed by atoms with Gasteiger partial charge >= 0.3 is 0 Å². The summed E-state index contributed by atoms with van der Waals surface area (Å²) in [5.41, 5.74) is 0. The van der Waals surface area contributed by atoms with Crippen LogP contribution in [0.25, 0.3) is 10.2 Å². The molecule has 7 heteroatoms. The van der Waals surface area contributed by atoms with Crippen LogP contribution in [0.3, 0.4) is 0 Å². The molecule has 4 rings (SSSR count). The molecule has 2 saturated heterocycles. The monoisotopic (exact) mass is 359 g/mol. The molecular formula is C18H25N5OS. The van der Waals surface area contributed by atoms with E-state index in [0.717, 1.165) is 73.9 Å². The Bertz CT molecular complexity index is 727. The molecule has 134 valence electrons. The van der Waals surface area contributed by atoms with E-state index < -0.39 is 0 Å². The van der Waals surface area contributed by atoms with Gasteiger partial charge < -0.3 is 15.5 Å². The number of carbonyl (C=O) groups excluding carboxylic acids is 1. The minimum atomic E-state index is 0.0547. The molecule has 2 aliphatic rings. The summed E-state index contributed by atoms with van der Waals surface area (Å²) in [7, 11) is 0. The Morgan fingerprint density at radius 2 is 2.36 bits per heavy atom. The molecule has 0 bridgehead atoms. The number of hydrogen-bond donors (Lipinski definition) is 2. The number of hydrogen-bond acceptors (Lipinski definition) is 6. The second-order valence-electron chi connectivity index (χ2n) is 7.06. The van der Waals surface area contributed by atoms with E-state index in [4.69, 9.17) is 0 Å². The van der Waals surface area contributed by atoms with Gasteiger partial charge in [-0.15, -0.1) is 11.3 Å². The number of piperidine rings is 1. The second-order valence-corrected chi connectivity index (χ2v) is 7.95. The lowest BCUT2D eigenvalue weighted by Crippen LogP contribution is -2.43. The van der Waals surface area contributed by atoms with Crippen molar-refractivity contribution in [3.8, 4) is 0 Å². The third-order valence-corrected chi connectivity index (χ3v) is 6.17. The molecule has 0 saturated carbocycles. The number of rotatable bonds is 5. The van der Waals surface area contributed by atoms with Crippen molar-refractivity contribution in [3.05, 3.63) is 17.8 Å². The minimum absolute atomic E-state index is 0.0547. The molecule has 2 aromatic heterocycles. The normalized spacial score (nSPS) is 23.9. The van der Waals surface area contributed by atoms with Crippen molar-refractivity contribution in [1.82, 2.24) is 20.6 Å². The Balaban J connectivity index is 1.35. The predicted molar refractivity (Wildman–Crippen MR) is 101 cm³/mol. The summed E-state index contributed by atoms with van der Waals surface area (Å²) in [5.74, 6) is 1.95. The molecule has 2 atom stereocenters. The number of anilines is 1. The van der Waals surface area contributed by atoms with Crippen LogP contribution in [0.1, 0.15) is 25.7 Å². The molecule has 25 heavy (non-hydrogen) atoms. The summed E-state index contributed by atoms with van der Waals surface area (Å²) in [6.07, 6.45) is 5.94. The molecule has 2 aromatic rings. The second kappa shape index (κ2) is 7.66. The van der Waals surface area contributed by atoms with Gasteiger partial charge in [-0.25, -0.2) is 9.97 Å². The number of amides is 1. The zero-order valence-corrected chi connectivity index (χ0v) is 15.2. The highest BCUT2D eigenvalue weighted by atomic mass is 32.1. The Morgan fingerprint density at radius 3 is 3.24 bits per heavy atom. The Morgan fingerprint density at radius 1 is 1.40 bits per heavy atom. The van der Waals surface area contributed by atoms with Gasteiger partial charge in [0.05, 0.1) is 11.3 Å². The highest BCUT2D eigenvalue weighted by molar-refractivity contribution is 7.16. The first kappa shape index (κ1) is 16.7. The van der Waals surface area contributed by atoms with Crippen LogP contribution in [-0.4, -0.2) is 48.6 Å². The van der Waals surface area contributed by atoms with Gasteiger partial charge in [-0.05, 0) is 56.1 Å². The lowest BCUT2D eigenvalue weighted by molar-refractivity contribution is -0.125. The van der Waals surface area contributed by atoms with Crippen LogP contribution in [0.2, 0.25) is 0 Å². The van der Waals surface area contributed by atoms with E-state index in [1.54, 1.807) is 17.7 Å². The molecule has 2 aliphatic heterocycles. The smallest absolute Gasteiger partial charge is 0.224 e. The van der Waals surface area contributed by atoms with Crippen molar-refractivity contribution in [2.24, 2.45) is 11.8 Å². The van der Waals surface area contributed by atoms with E-state index in [1.807, 2.05) is 0 Å². The summed E-state index contributed by atoms with van der Waals surface area (Å²) in [5, 5.41) is 9.69. The van der Waals surface area contributed by atoms with Gasteiger partial charge in [0.15, 0.2) is 0 Å². The molecule has 0 aromatic carbocycles. The fourth-order valence-electron chi connectivity index (χ4n) is 3.92. The van der Waals surface area contributed by atoms with Crippen LogP contribution in [0.15, 0.2) is 17.8 Å². The quantitative estimate of drug-likeness (QED) is 0.855. The van der Waals surface area contributed by atoms with Crippen LogP contribution in [0.4, 0.5) is 5.82 Å². The number of fused-ring (bicyclic) bond motifs is 1. The third kappa shape index (κ3) is 3.77. The van der Waals surface area contributed by atoms with Gasteiger partial charge in [-0.2, -0.15) is 0 Å². The zero-order chi connectivity index (χ0) is 17.1. The van der Waals surface area contributed by atoms with Crippen LogP contribution < -0.4 is 15.5 Å². The summed E-state index contributed by atoms with van der Waals surface area (Å²) >= 11 is 1.63. The molecule has 2 N–H and O–H groups in total. The zero-order valence-electron chi connectivity index (χ0n) is 14.4. The molecule has 0 spiro atoms. The standard InChI is InChI=1S/C18H25N5OS/c24-17(20-7-4-13-3-6-19-10-13)14-2-1-8-23(11-14)16-15-5-9-25-18(15)22-12-21-16/h5,9,12-14,19H,1-4,6-8,10-11H2,(H,20,24). The SMILES string of the molecule is O=C(NCCC1CCNC1)C1CCCN(c2ncnc3sccc23)C1. The highest BCUT2D eigenvalue weighted by Crippen LogP contribution is 2.29. The van der Waals surface area contributed by atoms with Gasteiger partial charge in [-0.1, -0.05) is 0 Å². The van der Waals surface area contributed by atoms with Crippen LogP contribution >= 0.6 is 11.3 Å². The van der Waals surface area contributed by atoms with Crippen molar-refractivity contribution < 1.29 is 4.79 Å². The van der Waals surface area contributed by atoms with Gasteiger partial charge in [-0.3, -0.25) is 4.79 Å². The largest absolute Gasteiger partial charge is 0.356 e. The Labute approximate surface area is 152 Å². The molecule has 6 nitrogen and oxygen atoms in total. The number of thiophene rings is 1. The van der Waals surface area contributed by atoms with Crippen LogP contribution in [-0.2, 0) is 4.79 Å². The Kier molecular flexibility index (Phi) is 5.12. The van der Waals surface area contributed by atoms with E-state index in [2.05, 4.69) is 36.9 Å². The summed E-state index contributed by atoms with van der Waals surface area (Å²) < 4.78 is 0. The molecule has 2 unspecified atom stereocenters. The average Bonchev–Trinajstić information content (AvgIpc) is 3.33. The topological polar surface area (TPSA) is 70.2 Å². The molecular weight excluding hydrogens is 334 g/mol. The maximum Gasteiger partial charge on any atom is 0.224 e. The Hall–Kier alpha value is -1.73. The molecule has 4 heterocycles. The average molecular weight is 359 g/mol. The highest BCUT2D eigenvalue weighted by Gasteiger charge is 2.27. The van der Waals surface area contributed by atoms with Crippen molar-refractivity contribution in [1.29, 1.82) is 0 Å². The number of carbonyl (C=O) groups is 1. The molecule has 0 aliphatic carbocycles. The summed E-state index contributed by atoms with van der Waals surface area (Å²) in [6.45, 7) is 4.71. The fraction of sp³-hybridized carbons (Fsp3) is 0.611. The maximum atomic E-state index is 12.6. The molecule has 2 fully saturated rings. The van der Waals surface area contributed by atoms with Crippen LogP contribution in [0.5, 0.6) is 0 Å². The van der Waals surface area contributed by atoms with E-state index in [1.165, 1.54) is 6.42 Å². The number of nitrogens with zero attached hydrogens (tertiary/aromatic N) is 3. The predicted octanol–water partition coefficient (Wildman–Crippen LogP) is 2.02. The van der Waals surface area contributed by atoms with Gasteiger partial charge in [0.1, 0.15) is 17.0 Å². The fourth-order valence-corrected chi connectivity index (χ4v) is 4.64. The summed E-state index contributed by atoms with van der Waals surface area (Å²) in [6, 6.07) is 2.08. The van der Waals surface area contributed by atoms with E-state index in [-0.39, 0.29) is 11.8 Å². The van der Waals surface area contributed by atoms with Crippen molar-refractivity contribution in [2.45, 2.75) is 25.7 Å². The van der Waals surface area contributed by atoms with Crippen molar-refractivity contribution in [2.75, 3.05) is 37.6 Å². The van der Waals surface area contributed by atoms with E-state index in [9.17, 15) is 4.79 Å². The van der Waals surface area contributed by atoms with Gasteiger partial charge in [0.2, 0.25) is 5.91 Å². The maximum absolute atomic E-state index is 12.6.